The number of nitrogens with zero attached hydrogens (tertiary/aromatic N) is 5. The van der Waals surface area contributed by atoms with E-state index in [1.807, 2.05) is 20.8 Å². The molecule has 0 radical (unpaired) electrons. The van der Waals surface area contributed by atoms with Crippen molar-refractivity contribution in [2.45, 2.75) is 27.3 Å². The summed E-state index contributed by atoms with van der Waals surface area (Å²) in [6, 6.07) is 0. The number of hydrogen-bond donors (Lipinski definition) is 1. The third-order valence-corrected chi connectivity index (χ3v) is 2.35. The summed E-state index contributed by atoms with van der Waals surface area (Å²) in [5.41, 5.74) is 3.46. The Labute approximate surface area is 99.6 Å². The van der Waals surface area contributed by atoms with Gasteiger partial charge in [-0.3, -0.25) is 9.97 Å². The molecule has 2 rings (SSSR count). The van der Waals surface area contributed by atoms with Crippen LogP contribution in [0, 0.1) is 20.8 Å². The van der Waals surface area contributed by atoms with Crippen molar-refractivity contribution in [2.24, 2.45) is 0 Å². The van der Waals surface area contributed by atoms with Crippen LogP contribution in [0.15, 0.2) is 12.4 Å². The molecular weight excluding hydrogens is 216 g/mol. The van der Waals surface area contributed by atoms with Gasteiger partial charge in [0.1, 0.15) is 0 Å². The molecular formula is C11H14N6. The third-order valence-electron chi connectivity index (χ3n) is 2.35. The molecule has 0 unspecified atom stereocenters. The molecule has 17 heavy (non-hydrogen) atoms. The minimum atomic E-state index is 0.510. The zero-order chi connectivity index (χ0) is 12.3. The summed E-state index contributed by atoms with van der Waals surface area (Å²) >= 11 is 0. The molecule has 0 bridgehead atoms. The highest BCUT2D eigenvalue weighted by molar-refractivity contribution is 5.25. The van der Waals surface area contributed by atoms with Gasteiger partial charge < -0.3 is 5.32 Å². The fourth-order valence-corrected chi connectivity index (χ4v) is 1.21. The predicted octanol–water partition coefficient (Wildman–Crippen LogP) is 1.20. The SMILES string of the molecule is Cc1cnc(CNc2nnc(C)c(C)n2)cn1. The van der Waals surface area contributed by atoms with Gasteiger partial charge in [0, 0.05) is 6.20 Å². The van der Waals surface area contributed by atoms with E-state index in [1.54, 1.807) is 12.4 Å². The second-order valence-corrected chi connectivity index (χ2v) is 3.81. The van der Waals surface area contributed by atoms with Gasteiger partial charge in [-0.2, -0.15) is 5.10 Å². The summed E-state index contributed by atoms with van der Waals surface area (Å²) in [6.45, 7) is 6.23. The molecule has 6 nitrogen and oxygen atoms in total. The van der Waals surface area contributed by atoms with Crippen LogP contribution in [0.2, 0.25) is 0 Å². The van der Waals surface area contributed by atoms with Gasteiger partial charge in [-0.25, -0.2) is 4.98 Å². The lowest BCUT2D eigenvalue weighted by Crippen LogP contribution is -2.08. The lowest BCUT2D eigenvalue weighted by Gasteiger charge is -2.05. The fraction of sp³-hybridized carbons (Fsp3) is 0.364. The Morgan fingerprint density at radius 1 is 1.00 bits per heavy atom. The van der Waals surface area contributed by atoms with Crippen molar-refractivity contribution in [2.75, 3.05) is 5.32 Å². The second-order valence-electron chi connectivity index (χ2n) is 3.81. The Kier molecular flexibility index (Phi) is 3.22. The number of anilines is 1. The van der Waals surface area contributed by atoms with Crippen LogP contribution in [0.3, 0.4) is 0 Å². The van der Waals surface area contributed by atoms with Gasteiger partial charge in [-0.15, -0.1) is 5.10 Å². The molecule has 0 saturated carbocycles. The van der Waals surface area contributed by atoms with Crippen molar-refractivity contribution < 1.29 is 0 Å². The molecule has 2 aromatic rings. The Bertz CT molecular complexity index is 508. The van der Waals surface area contributed by atoms with E-state index in [0.29, 0.717) is 12.5 Å². The Morgan fingerprint density at radius 2 is 1.82 bits per heavy atom. The van der Waals surface area contributed by atoms with Crippen LogP contribution in [0.25, 0.3) is 0 Å². The number of rotatable bonds is 3. The van der Waals surface area contributed by atoms with E-state index in [0.717, 1.165) is 22.8 Å². The predicted molar refractivity (Wildman–Crippen MR) is 63.4 cm³/mol. The number of nitrogens with one attached hydrogen (secondary N) is 1. The molecule has 0 aliphatic carbocycles. The zero-order valence-electron chi connectivity index (χ0n) is 10.1. The molecule has 0 spiro atoms. The summed E-state index contributed by atoms with van der Waals surface area (Å²) < 4.78 is 0. The maximum Gasteiger partial charge on any atom is 0.243 e. The van der Waals surface area contributed by atoms with Crippen LogP contribution >= 0.6 is 0 Å². The molecule has 0 aromatic carbocycles. The number of aromatic nitrogens is 5. The monoisotopic (exact) mass is 230 g/mol. The molecule has 0 fully saturated rings. The molecule has 88 valence electrons. The lowest BCUT2D eigenvalue weighted by atomic mass is 10.4. The normalized spacial score (nSPS) is 10.3. The molecule has 2 heterocycles. The average Bonchev–Trinajstić information content (AvgIpc) is 2.33. The van der Waals surface area contributed by atoms with E-state index in [1.165, 1.54) is 0 Å². The van der Waals surface area contributed by atoms with Crippen LogP contribution in [0.4, 0.5) is 5.95 Å². The maximum absolute atomic E-state index is 4.27. The van der Waals surface area contributed by atoms with Gasteiger partial charge in [-0.1, -0.05) is 0 Å². The van der Waals surface area contributed by atoms with Crippen LogP contribution in [0.5, 0.6) is 0 Å². The van der Waals surface area contributed by atoms with Crippen molar-refractivity contribution in [1.82, 2.24) is 25.1 Å². The molecule has 6 heteroatoms. The molecule has 0 aliphatic rings. The summed E-state index contributed by atoms with van der Waals surface area (Å²) in [4.78, 5) is 12.7. The minimum absolute atomic E-state index is 0.510. The van der Waals surface area contributed by atoms with Crippen molar-refractivity contribution in [3.8, 4) is 0 Å². The zero-order valence-corrected chi connectivity index (χ0v) is 10.1. The van der Waals surface area contributed by atoms with Crippen molar-refractivity contribution in [1.29, 1.82) is 0 Å². The first kappa shape index (κ1) is 11.4. The van der Waals surface area contributed by atoms with Crippen LogP contribution < -0.4 is 5.32 Å². The van der Waals surface area contributed by atoms with Crippen LogP contribution in [-0.2, 0) is 6.54 Å². The van der Waals surface area contributed by atoms with Crippen molar-refractivity contribution in [3.05, 3.63) is 35.2 Å². The molecule has 2 aromatic heterocycles. The Morgan fingerprint density at radius 3 is 2.47 bits per heavy atom. The molecule has 0 amide bonds. The first-order chi connectivity index (χ1) is 8.15. The van der Waals surface area contributed by atoms with Gasteiger partial charge in [0.05, 0.1) is 35.5 Å². The first-order valence-corrected chi connectivity index (χ1v) is 5.34. The van der Waals surface area contributed by atoms with E-state index < -0.39 is 0 Å². The smallest absolute Gasteiger partial charge is 0.243 e. The van der Waals surface area contributed by atoms with Crippen molar-refractivity contribution >= 4 is 5.95 Å². The van der Waals surface area contributed by atoms with Gasteiger partial charge in [-0.05, 0) is 20.8 Å². The molecule has 1 N–H and O–H groups in total. The fourth-order valence-electron chi connectivity index (χ4n) is 1.21. The maximum atomic E-state index is 4.27. The molecule has 0 atom stereocenters. The van der Waals surface area contributed by atoms with E-state index in [9.17, 15) is 0 Å². The highest BCUT2D eigenvalue weighted by Crippen LogP contribution is 2.03. The van der Waals surface area contributed by atoms with E-state index in [2.05, 4.69) is 30.5 Å². The number of hydrogen-bond acceptors (Lipinski definition) is 6. The Balaban J connectivity index is 2.02. The summed E-state index contributed by atoms with van der Waals surface area (Å²) in [5, 5.41) is 11.0. The molecule has 0 aliphatic heterocycles. The van der Waals surface area contributed by atoms with E-state index in [4.69, 9.17) is 0 Å². The topological polar surface area (TPSA) is 76.5 Å². The van der Waals surface area contributed by atoms with Crippen LogP contribution in [-0.4, -0.2) is 25.1 Å². The third kappa shape index (κ3) is 2.93. The van der Waals surface area contributed by atoms with Gasteiger partial charge >= 0.3 is 0 Å². The highest BCUT2D eigenvalue weighted by atomic mass is 15.2. The second kappa shape index (κ2) is 4.82. The average molecular weight is 230 g/mol. The standard InChI is InChI=1S/C11H14N6/c1-7-4-13-10(5-12-7)6-14-11-15-8(2)9(3)16-17-11/h4-5H,6H2,1-3H3,(H,14,15,17). The molecule has 0 saturated heterocycles. The minimum Gasteiger partial charge on any atom is -0.347 e. The quantitative estimate of drug-likeness (QED) is 0.853. The van der Waals surface area contributed by atoms with Gasteiger partial charge in [0.25, 0.3) is 0 Å². The largest absolute Gasteiger partial charge is 0.347 e. The summed E-state index contributed by atoms with van der Waals surface area (Å²) in [6.07, 6.45) is 3.47. The summed E-state index contributed by atoms with van der Waals surface area (Å²) in [7, 11) is 0. The first-order valence-electron chi connectivity index (χ1n) is 5.34. The van der Waals surface area contributed by atoms with Crippen LogP contribution in [0.1, 0.15) is 22.8 Å². The van der Waals surface area contributed by atoms with Crippen molar-refractivity contribution in [3.63, 3.8) is 0 Å². The Hall–Kier alpha value is -2.11. The van der Waals surface area contributed by atoms with Gasteiger partial charge in [0.2, 0.25) is 5.95 Å². The van der Waals surface area contributed by atoms with E-state index >= 15 is 0 Å². The van der Waals surface area contributed by atoms with E-state index in [-0.39, 0.29) is 0 Å². The summed E-state index contributed by atoms with van der Waals surface area (Å²) in [5.74, 6) is 0.510. The number of aryl methyl sites for hydroxylation is 3. The highest BCUT2D eigenvalue weighted by Gasteiger charge is 2.01. The van der Waals surface area contributed by atoms with Gasteiger partial charge in [0.15, 0.2) is 0 Å². The lowest BCUT2D eigenvalue weighted by molar-refractivity contribution is 0.875.